The number of hydrogen-bond acceptors (Lipinski definition) is 3. The van der Waals surface area contributed by atoms with Crippen molar-refractivity contribution in [1.29, 1.82) is 0 Å². The third-order valence-corrected chi connectivity index (χ3v) is 10.5. The molecule has 0 N–H and O–H groups in total. The number of halogens is 2. The predicted octanol–water partition coefficient (Wildman–Crippen LogP) is 6.54. The van der Waals surface area contributed by atoms with E-state index in [1.54, 1.807) is 24.3 Å². The van der Waals surface area contributed by atoms with Crippen molar-refractivity contribution in [2.75, 3.05) is 7.05 Å². The lowest BCUT2D eigenvalue weighted by molar-refractivity contribution is -0.140. The zero-order chi connectivity index (χ0) is 23.5. The van der Waals surface area contributed by atoms with Gasteiger partial charge in [-0.15, -0.1) is 0 Å². The van der Waals surface area contributed by atoms with Gasteiger partial charge < -0.3 is 9.64 Å². The molecular formula is C27H33Cl2NO3. The largest absolute Gasteiger partial charge is 0.423 e. The maximum Gasteiger partial charge on any atom is 0.311 e. The number of esters is 1. The van der Waals surface area contributed by atoms with E-state index in [1.807, 2.05) is 11.9 Å². The van der Waals surface area contributed by atoms with Crippen molar-refractivity contribution in [2.24, 2.45) is 34.5 Å². The molecule has 0 bridgehead atoms. The average molecular weight is 490 g/mol. The van der Waals surface area contributed by atoms with E-state index in [1.165, 1.54) is 12.8 Å². The lowest BCUT2D eigenvalue weighted by Crippen LogP contribution is -2.59. The fourth-order valence-electron chi connectivity index (χ4n) is 8.12. The van der Waals surface area contributed by atoms with Gasteiger partial charge in [0.05, 0.1) is 10.0 Å². The van der Waals surface area contributed by atoms with Crippen molar-refractivity contribution in [3.05, 3.63) is 40.4 Å². The molecule has 33 heavy (non-hydrogen) atoms. The van der Waals surface area contributed by atoms with Gasteiger partial charge in [0.15, 0.2) is 5.75 Å². The summed E-state index contributed by atoms with van der Waals surface area (Å²) < 4.78 is 5.63. The average Bonchev–Trinajstić information content (AvgIpc) is 3.10. The zero-order valence-electron chi connectivity index (χ0n) is 19.7. The summed E-state index contributed by atoms with van der Waals surface area (Å²) in [6.07, 6.45) is 11.2. The summed E-state index contributed by atoms with van der Waals surface area (Å²) in [5.41, 5.74) is 0.193. The summed E-state index contributed by atoms with van der Waals surface area (Å²) in [6, 6.07) is 5.42. The van der Waals surface area contributed by atoms with E-state index in [4.69, 9.17) is 27.9 Å². The van der Waals surface area contributed by atoms with Crippen LogP contribution < -0.4 is 4.74 Å². The third kappa shape index (κ3) is 3.63. The Labute approximate surface area is 206 Å². The van der Waals surface area contributed by atoms with E-state index in [0.717, 1.165) is 25.7 Å². The van der Waals surface area contributed by atoms with Crippen LogP contribution in [0.4, 0.5) is 0 Å². The number of ether oxygens (including phenoxy) is 1. The van der Waals surface area contributed by atoms with E-state index in [2.05, 4.69) is 19.9 Å². The number of nitrogens with zero attached hydrogens (tertiary/aromatic N) is 1. The molecule has 178 valence electrons. The van der Waals surface area contributed by atoms with Crippen LogP contribution >= 0.6 is 23.2 Å². The van der Waals surface area contributed by atoms with Crippen LogP contribution in [0.1, 0.15) is 58.8 Å². The second-order valence-electron chi connectivity index (χ2n) is 11.2. The third-order valence-electron chi connectivity index (χ3n) is 9.87. The number of benzene rings is 1. The molecule has 4 nitrogen and oxygen atoms in total. The van der Waals surface area contributed by atoms with Crippen LogP contribution in [0.25, 0.3) is 0 Å². The number of fused-ring (bicyclic) bond motifs is 5. The van der Waals surface area contributed by atoms with Crippen LogP contribution in [0.5, 0.6) is 5.75 Å². The van der Waals surface area contributed by atoms with Crippen molar-refractivity contribution in [3.8, 4) is 5.75 Å². The molecule has 0 unspecified atom stereocenters. The van der Waals surface area contributed by atoms with Crippen LogP contribution in [0.15, 0.2) is 30.4 Å². The minimum atomic E-state index is -0.245. The molecule has 1 amide bonds. The van der Waals surface area contributed by atoms with Crippen molar-refractivity contribution in [2.45, 2.75) is 64.8 Å². The van der Waals surface area contributed by atoms with E-state index in [-0.39, 0.29) is 28.5 Å². The predicted molar refractivity (Wildman–Crippen MR) is 130 cm³/mol. The summed E-state index contributed by atoms with van der Waals surface area (Å²) >= 11 is 12.4. The maximum atomic E-state index is 12.9. The van der Waals surface area contributed by atoms with Gasteiger partial charge in [-0.3, -0.25) is 9.59 Å². The molecule has 1 aromatic carbocycles. The topological polar surface area (TPSA) is 46.6 Å². The van der Waals surface area contributed by atoms with Crippen LogP contribution in [0, 0.1) is 34.5 Å². The number of rotatable bonds is 3. The Morgan fingerprint density at radius 1 is 1.09 bits per heavy atom. The van der Waals surface area contributed by atoms with Gasteiger partial charge in [-0.1, -0.05) is 49.2 Å². The molecule has 1 aliphatic heterocycles. The summed E-state index contributed by atoms with van der Waals surface area (Å²) in [7, 11) is 1.96. The highest BCUT2D eigenvalue weighted by Crippen LogP contribution is 2.66. The molecule has 3 aliphatic carbocycles. The minimum absolute atomic E-state index is 0.0464. The van der Waals surface area contributed by atoms with Crippen molar-refractivity contribution < 1.29 is 14.3 Å². The number of likely N-dealkylation sites (N-methyl/N-ethyl adjacent to an activating group) is 1. The quantitative estimate of drug-likeness (QED) is 0.357. The monoisotopic (exact) mass is 489 g/mol. The molecular weight excluding hydrogens is 457 g/mol. The summed E-state index contributed by atoms with van der Waals surface area (Å²) in [6.45, 7) is 4.77. The number of para-hydroxylation sites is 1. The van der Waals surface area contributed by atoms with Gasteiger partial charge in [0, 0.05) is 24.9 Å². The second-order valence-corrected chi connectivity index (χ2v) is 12.0. The van der Waals surface area contributed by atoms with E-state index < -0.39 is 0 Å². The van der Waals surface area contributed by atoms with E-state index >= 15 is 0 Å². The Bertz CT molecular complexity index is 989. The summed E-state index contributed by atoms with van der Waals surface area (Å²) in [4.78, 5) is 27.1. The highest BCUT2D eigenvalue weighted by Gasteiger charge is 2.60. The van der Waals surface area contributed by atoms with Crippen LogP contribution in [-0.4, -0.2) is 29.9 Å². The second kappa shape index (κ2) is 8.30. The molecule has 0 radical (unpaired) electrons. The molecule has 0 spiro atoms. The van der Waals surface area contributed by atoms with Crippen LogP contribution in [0.3, 0.4) is 0 Å². The Morgan fingerprint density at radius 2 is 1.82 bits per heavy atom. The molecule has 3 saturated carbocycles. The molecule has 0 saturated heterocycles. The first kappa shape index (κ1) is 23.2. The van der Waals surface area contributed by atoms with Gasteiger partial charge in [0.2, 0.25) is 5.91 Å². The lowest BCUT2D eigenvalue weighted by atomic mass is 9.47. The Morgan fingerprint density at radius 3 is 2.55 bits per heavy atom. The summed E-state index contributed by atoms with van der Waals surface area (Å²) in [5.74, 6) is 2.33. The van der Waals surface area contributed by atoms with Gasteiger partial charge in [-0.2, -0.15) is 0 Å². The Hall–Kier alpha value is -1.52. The number of hydrogen-bond donors (Lipinski definition) is 0. The van der Waals surface area contributed by atoms with Gasteiger partial charge in [-0.25, -0.2) is 0 Å². The lowest BCUT2D eigenvalue weighted by Gasteiger charge is -2.60. The zero-order valence-corrected chi connectivity index (χ0v) is 21.2. The number of amides is 1. The highest BCUT2D eigenvalue weighted by molar-refractivity contribution is 6.37. The first-order valence-electron chi connectivity index (χ1n) is 12.3. The molecule has 3 fully saturated rings. The van der Waals surface area contributed by atoms with Crippen molar-refractivity contribution in [3.63, 3.8) is 0 Å². The number of carbonyl (C=O) groups is 2. The molecule has 6 heteroatoms. The first-order chi connectivity index (χ1) is 15.6. The van der Waals surface area contributed by atoms with E-state index in [9.17, 15) is 9.59 Å². The molecule has 5 rings (SSSR count). The van der Waals surface area contributed by atoms with Gasteiger partial charge in [0.1, 0.15) is 0 Å². The SMILES string of the molecule is CN1C(=O)C=C[C@]2(C)[C@H]3CC[C@]4(C)[C@@H](CC(=O)Oc5c(Cl)cccc5Cl)CC[C@H]4[C@@H]3CC[C@@H]12. The van der Waals surface area contributed by atoms with E-state index in [0.29, 0.717) is 46.2 Å². The fourth-order valence-corrected chi connectivity index (χ4v) is 8.59. The fraction of sp³-hybridized carbons (Fsp3) is 0.630. The van der Waals surface area contributed by atoms with Crippen molar-refractivity contribution >= 4 is 35.1 Å². The van der Waals surface area contributed by atoms with Crippen LogP contribution in [-0.2, 0) is 9.59 Å². The highest BCUT2D eigenvalue weighted by atomic mass is 35.5. The summed E-state index contributed by atoms with van der Waals surface area (Å²) in [5, 5.41) is 0.724. The first-order valence-corrected chi connectivity index (χ1v) is 13.0. The molecule has 7 atom stereocenters. The minimum Gasteiger partial charge on any atom is -0.423 e. The molecule has 4 aliphatic rings. The van der Waals surface area contributed by atoms with Gasteiger partial charge >= 0.3 is 5.97 Å². The smallest absolute Gasteiger partial charge is 0.311 e. The van der Waals surface area contributed by atoms with Gasteiger partial charge in [-0.05, 0) is 85.8 Å². The Kier molecular flexibility index (Phi) is 5.85. The molecule has 1 aromatic rings. The maximum absolute atomic E-state index is 12.9. The Balaban J connectivity index is 1.32. The van der Waals surface area contributed by atoms with Gasteiger partial charge in [0.25, 0.3) is 0 Å². The van der Waals surface area contributed by atoms with Crippen molar-refractivity contribution in [1.82, 2.24) is 4.90 Å². The normalized spacial score (nSPS) is 39.6. The molecule has 0 aromatic heterocycles. The number of carbonyl (C=O) groups excluding carboxylic acids is 2. The van der Waals surface area contributed by atoms with Crippen LogP contribution in [0.2, 0.25) is 10.0 Å². The standard InChI is InChI=1S/C27H33Cl2NO3/c1-26-13-11-19-17(8-10-22-27(19,2)14-12-23(31)30(22)3)18(26)9-7-16(26)15-24(32)33-25-20(28)5-4-6-21(25)29/h4-6,12,14,16-19,22H,7-11,13,15H2,1-3H3/t16-,17+,18+,19+,22-,26-,27-/m1/s1. The molecule has 1 heterocycles.